The van der Waals surface area contributed by atoms with Gasteiger partial charge in [-0.25, -0.2) is 0 Å². The Labute approximate surface area is 141 Å². The maximum absolute atomic E-state index is 12.1. The largest absolute Gasteiger partial charge is 0.507 e. The summed E-state index contributed by atoms with van der Waals surface area (Å²) >= 11 is 0. The summed E-state index contributed by atoms with van der Waals surface area (Å²) in [7, 11) is 0. The minimum absolute atomic E-state index is 0.000606. The van der Waals surface area contributed by atoms with Gasteiger partial charge in [-0.1, -0.05) is 12.1 Å². The maximum atomic E-state index is 12.1. The number of ketones is 2. The number of unbranched alkanes of at least 4 members (excludes halogenated alkanes) is 1. The number of carbonyl (C=O) groups is 2. The molecule has 0 aliphatic rings. The molecular formula is C20H22O4. The second-order valence-corrected chi connectivity index (χ2v) is 6.09. The molecule has 0 heterocycles. The molecular weight excluding hydrogens is 304 g/mol. The van der Waals surface area contributed by atoms with Gasteiger partial charge in [0.15, 0.2) is 11.6 Å². The van der Waals surface area contributed by atoms with Crippen molar-refractivity contribution in [2.45, 2.75) is 39.5 Å². The molecule has 0 spiro atoms. The molecule has 0 unspecified atom stereocenters. The van der Waals surface area contributed by atoms with Gasteiger partial charge in [0.25, 0.3) is 0 Å². The van der Waals surface area contributed by atoms with Crippen LogP contribution in [-0.4, -0.2) is 21.8 Å². The van der Waals surface area contributed by atoms with Gasteiger partial charge in [-0.3, -0.25) is 9.59 Å². The Morgan fingerprint density at radius 1 is 0.750 bits per heavy atom. The predicted octanol–water partition coefficient (Wildman–Crippen LogP) is 4.34. The van der Waals surface area contributed by atoms with Crippen molar-refractivity contribution in [3.05, 3.63) is 58.7 Å². The van der Waals surface area contributed by atoms with Gasteiger partial charge in [-0.15, -0.1) is 0 Å². The van der Waals surface area contributed by atoms with E-state index in [1.54, 1.807) is 36.4 Å². The molecule has 0 aliphatic heterocycles. The number of benzene rings is 2. The molecule has 0 saturated carbocycles. The van der Waals surface area contributed by atoms with E-state index in [-0.39, 0.29) is 35.9 Å². The molecule has 24 heavy (non-hydrogen) atoms. The Hall–Kier alpha value is -2.62. The van der Waals surface area contributed by atoms with Gasteiger partial charge in [0.05, 0.1) is 11.1 Å². The topological polar surface area (TPSA) is 74.6 Å². The minimum atomic E-state index is -0.127. The molecule has 2 rings (SSSR count). The van der Waals surface area contributed by atoms with Gasteiger partial charge in [0, 0.05) is 12.8 Å². The van der Waals surface area contributed by atoms with Crippen molar-refractivity contribution in [3.63, 3.8) is 0 Å². The molecule has 2 N–H and O–H groups in total. The van der Waals surface area contributed by atoms with E-state index in [0.29, 0.717) is 24.0 Å². The van der Waals surface area contributed by atoms with Crippen molar-refractivity contribution in [2.24, 2.45) is 0 Å². The number of carbonyl (C=O) groups excluding carboxylic acids is 2. The summed E-state index contributed by atoms with van der Waals surface area (Å²) in [5.41, 5.74) is 2.44. The van der Waals surface area contributed by atoms with Gasteiger partial charge in [-0.2, -0.15) is 0 Å². The Bertz CT molecular complexity index is 697. The SMILES string of the molecule is Cc1ccc(C(=O)CCCCC(=O)c2ccc(C)cc2O)c(O)c1. The van der Waals surface area contributed by atoms with Crippen molar-refractivity contribution >= 4 is 11.6 Å². The second-order valence-electron chi connectivity index (χ2n) is 6.09. The Kier molecular flexibility index (Phi) is 5.74. The number of aryl methyl sites for hydroxylation is 2. The fourth-order valence-corrected chi connectivity index (χ4v) is 2.60. The van der Waals surface area contributed by atoms with Crippen LogP contribution in [-0.2, 0) is 0 Å². The van der Waals surface area contributed by atoms with E-state index in [4.69, 9.17) is 0 Å². The lowest BCUT2D eigenvalue weighted by atomic mass is 9.99. The van der Waals surface area contributed by atoms with Crippen LogP contribution in [0.25, 0.3) is 0 Å². The van der Waals surface area contributed by atoms with Crippen molar-refractivity contribution in [2.75, 3.05) is 0 Å². The van der Waals surface area contributed by atoms with Crippen molar-refractivity contribution in [3.8, 4) is 11.5 Å². The molecule has 0 amide bonds. The molecule has 0 bridgehead atoms. The molecule has 2 aromatic carbocycles. The number of Topliss-reactive ketones (excluding diaryl/α,β-unsaturated/α-hetero) is 2. The van der Waals surface area contributed by atoms with E-state index >= 15 is 0 Å². The third kappa shape index (κ3) is 4.44. The van der Waals surface area contributed by atoms with Gasteiger partial charge in [0.1, 0.15) is 11.5 Å². The van der Waals surface area contributed by atoms with E-state index in [1.165, 1.54) is 0 Å². The number of rotatable bonds is 7. The fraction of sp³-hybridized carbons (Fsp3) is 0.300. The van der Waals surface area contributed by atoms with Crippen LogP contribution in [0.1, 0.15) is 57.5 Å². The van der Waals surface area contributed by atoms with E-state index in [9.17, 15) is 19.8 Å². The summed E-state index contributed by atoms with van der Waals surface area (Å²) < 4.78 is 0. The molecule has 126 valence electrons. The minimum Gasteiger partial charge on any atom is -0.507 e. The Morgan fingerprint density at radius 2 is 1.12 bits per heavy atom. The summed E-state index contributed by atoms with van der Waals surface area (Å²) in [5, 5.41) is 19.6. The number of phenols is 2. The smallest absolute Gasteiger partial charge is 0.166 e. The molecule has 4 heteroatoms. The highest BCUT2D eigenvalue weighted by Crippen LogP contribution is 2.23. The first-order valence-corrected chi connectivity index (χ1v) is 8.04. The third-order valence-electron chi connectivity index (χ3n) is 3.96. The normalized spacial score (nSPS) is 10.6. The zero-order valence-corrected chi connectivity index (χ0v) is 14.0. The van der Waals surface area contributed by atoms with Crippen LogP contribution in [0.15, 0.2) is 36.4 Å². The van der Waals surface area contributed by atoms with E-state index < -0.39 is 0 Å². The number of hydrogen-bond acceptors (Lipinski definition) is 4. The maximum Gasteiger partial charge on any atom is 0.166 e. The Morgan fingerprint density at radius 3 is 1.46 bits per heavy atom. The quantitative estimate of drug-likeness (QED) is 0.586. The lowest BCUT2D eigenvalue weighted by Crippen LogP contribution is -2.02. The van der Waals surface area contributed by atoms with Crippen LogP contribution in [0.5, 0.6) is 11.5 Å². The van der Waals surface area contributed by atoms with E-state index in [2.05, 4.69) is 0 Å². The molecule has 4 nitrogen and oxygen atoms in total. The average Bonchev–Trinajstić information content (AvgIpc) is 2.51. The number of aromatic hydroxyl groups is 2. The van der Waals surface area contributed by atoms with Gasteiger partial charge in [0.2, 0.25) is 0 Å². The highest BCUT2D eigenvalue weighted by molar-refractivity contribution is 5.99. The molecule has 2 aromatic rings. The van der Waals surface area contributed by atoms with Gasteiger partial charge in [-0.05, 0) is 62.1 Å². The van der Waals surface area contributed by atoms with Gasteiger partial charge < -0.3 is 10.2 Å². The standard InChI is InChI=1S/C20H22O4/c1-13-7-9-15(19(23)11-13)17(21)5-3-4-6-18(22)16-10-8-14(2)12-20(16)24/h7-12,23-24H,3-6H2,1-2H3. The van der Waals surface area contributed by atoms with Crippen molar-refractivity contribution in [1.29, 1.82) is 0 Å². The number of hydrogen-bond donors (Lipinski definition) is 2. The number of phenolic OH excluding ortho intramolecular Hbond substituents is 2. The highest BCUT2D eigenvalue weighted by atomic mass is 16.3. The van der Waals surface area contributed by atoms with Crippen LogP contribution < -0.4 is 0 Å². The predicted molar refractivity (Wildman–Crippen MR) is 92.8 cm³/mol. The zero-order valence-electron chi connectivity index (χ0n) is 14.0. The summed E-state index contributed by atoms with van der Waals surface area (Å²) in [6.07, 6.45) is 1.68. The molecule has 0 aliphatic carbocycles. The van der Waals surface area contributed by atoms with Crippen LogP contribution in [0.4, 0.5) is 0 Å². The molecule has 0 saturated heterocycles. The first-order valence-electron chi connectivity index (χ1n) is 8.04. The lowest BCUT2D eigenvalue weighted by Gasteiger charge is -2.06. The van der Waals surface area contributed by atoms with E-state index in [0.717, 1.165) is 11.1 Å². The first-order chi connectivity index (χ1) is 11.4. The molecule has 0 radical (unpaired) electrons. The Balaban J connectivity index is 1.84. The van der Waals surface area contributed by atoms with Crippen LogP contribution in [0, 0.1) is 13.8 Å². The van der Waals surface area contributed by atoms with Crippen LogP contribution in [0.2, 0.25) is 0 Å². The van der Waals surface area contributed by atoms with Crippen LogP contribution in [0.3, 0.4) is 0 Å². The monoisotopic (exact) mass is 326 g/mol. The molecule has 0 fully saturated rings. The summed E-state index contributed by atoms with van der Waals surface area (Å²) in [6, 6.07) is 9.96. The first kappa shape index (κ1) is 17.7. The molecule has 0 aromatic heterocycles. The van der Waals surface area contributed by atoms with Crippen molar-refractivity contribution < 1.29 is 19.8 Å². The van der Waals surface area contributed by atoms with Crippen molar-refractivity contribution in [1.82, 2.24) is 0 Å². The van der Waals surface area contributed by atoms with Gasteiger partial charge >= 0.3 is 0 Å². The summed E-state index contributed by atoms with van der Waals surface area (Å²) in [4.78, 5) is 24.2. The van der Waals surface area contributed by atoms with E-state index in [1.807, 2.05) is 13.8 Å². The second kappa shape index (κ2) is 7.77. The highest BCUT2D eigenvalue weighted by Gasteiger charge is 2.13. The summed E-state index contributed by atoms with van der Waals surface area (Å²) in [6.45, 7) is 3.69. The summed E-state index contributed by atoms with van der Waals surface area (Å²) in [5.74, 6) is -0.252. The fourth-order valence-electron chi connectivity index (χ4n) is 2.60. The third-order valence-corrected chi connectivity index (χ3v) is 3.96. The lowest BCUT2D eigenvalue weighted by molar-refractivity contribution is 0.0951. The van der Waals surface area contributed by atoms with Crippen LogP contribution >= 0.6 is 0 Å². The zero-order chi connectivity index (χ0) is 17.7. The molecule has 0 atom stereocenters. The average molecular weight is 326 g/mol.